The topological polar surface area (TPSA) is 62.2 Å². The molecule has 0 aliphatic carbocycles. The van der Waals surface area contributed by atoms with Crippen molar-refractivity contribution in [1.82, 2.24) is 4.90 Å². The average molecular weight is 398 g/mol. The maximum atomic E-state index is 10.5. The van der Waals surface area contributed by atoms with E-state index in [4.69, 9.17) is 9.47 Å². The van der Waals surface area contributed by atoms with Crippen molar-refractivity contribution in [3.05, 3.63) is 59.2 Å². The predicted octanol–water partition coefficient (Wildman–Crippen LogP) is 4.39. The van der Waals surface area contributed by atoms with Gasteiger partial charge in [0.25, 0.3) is 0 Å². The molecule has 0 aromatic heterocycles. The van der Waals surface area contributed by atoms with Gasteiger partial charge in [0.2, 0.25) is 0 Å². The third-order valence-electron chi connectivity index (χ3n) is 5.10. The van der Waals surface area contributed by atoms with Crippen LogP contribution in [0.2, 0.25) is 0 Å². The third kappa shape index (κ3) is 5.75. The molecule has 0 spiro atoms. The van der Waals surface area contributed by atoms with Gasteiger partial charge >= 0.3 is 0 Å². The van der Waals surface area contributed by atoms with Gasteiger partial charge in [0.15, 0.2) is 11.5 Å². The molecule has 2 N–H and O–H groups in total. The van der Waals surface area contributed by atoms with E-state index < -0.39 is 6.10 Å². The number of ether oxygens (including phenoxy) is 2. The van der Waals surface area contributed by atoms with Crippen molar-refractivity contribution in [2.24, 2.45) is 5.92 Å². The summed E-state index contributed by atoms with van der Waals surface area (Å²) in [6.45, 7) is 7.27. The number of fused-ring (bicyclic) bond motifs is 1. The van der Waals surface area contributed by atoms with Crippen molar-refractivity contribution in [2.45, 2.75) is 32.9 Å². The molecule has 0 radical (unpaired) electrons. The number of hydrogen-bond donors (Lipinski definition) is 2. The monoisotopic (exact) mass is 397 g/mol. The summed E-state index contributed by atoms with van der Waals surface area (Å²) in [5.41, 5.74) is 3.04. The minimum atomic E-state index is -0.443. The van der Waals surface area contributed by atoms with Crippen LogP contribution in [0, 0.1) is 5.92 Å². The normalized spacial score (nSPS) is 15.8. The van der Waals surface area contributed by atoms with Gasteiger partial charge in [-0.15, -0.1) is 0 Å². The van der Waals surface area contributed by atoms with Crippen LogP contribution in [0.4, 0.5) is 0 Å². The summed E-state index contributed by atoms with van der Waals surface area (Å²) in [6.07, 6.45) is 4.44. The standard InChI is InChI=1S/C24H31NO4/c1-17(2)13-22(27)19-7-9-23-20(15-19)16-25(11-12-29-23)10-4-5-18-6-8-21(26)24(14-18)28-3/h4-9,14-15,17,22,26-27H,10-13,16H2,1-3H3/b5-4+. The first-order chi connectivity index (χ1) is 14.0. The molecule has 0 saturated heterocycles. The second-order valence-corrected chi connectivity index (χ2v) is 7.93. The first-order valence-corrected chi connectivity index (χ1v) is 10.2. The second-order valence-electron chi connectivity index (χ2n) is 7.93. The van der Waals surface area contributed by atoms with Crippen molar-refractivity contribution in [3.8, 4) is 17.2 Å². The summed E-state index contributed by atoms with van der Waals surface area (Å²) in [4.78, 5) is 2.32. The Balaban J connectivity index is 1.67. The molecule has 1 atom stereocenters. The number of nitrogens with zero attached hydrogens (tertiary/aromatic N) is 1. The Morgan fingerprint density at radius 2 is 2.03 bits per heavy atom. The van der Waals surface area contributed by atoms with Gasteiger partial charge in [-0.05, 0) is 47.7 Å². The summed E-state index contributed by atoms with van der Waals surface area (Å²) < 4.78 is 11.1. The van der Waals surface area contributed by atoms with E-state index in [2.05, 4.69) is 30.9 Å². The van der Waals surface area contributed by atoms with Gasteiger partial charge < -0.3 is 19.7 Å². The van der Waals surface area contributed by atoms with E-state index in [9.17, 15) is 10.2 Å². The zero-order valence-corrected chi connectivity index (χ0v) is 17.5. The van der Waals surface area contributed by atoms with Crippen molar-refractivity contribution in [3.63, 3.8) is 0 Å². The van der Waals surface area contributed by atoms with Gasteiger partial charge in [-0.1, -0.05) is 38.1 Å². The number of aromatic hydroxyl groups is 1. The highest BCUT2D eigenvalue weighted by molar-refractivity contribution is 5.55. The molecule has 156 valence electrons. The SMILES string of the molecule is COc1cc(/C=C/CN2CCOc3ccc(C(O)CC(C)C)cc3C2)ccc1O. The molecule has 2 aromatic rings. The highest BCUT2D eigenvalue weighted by Crippen LogP contribution is 2.29. The molecule has 1 aliphatic heterocycles. The highest BCUT2D eigenvalue weighted by atomic mass is 16.5. The van der Waals surface area contributed by atoms with Gasteiger partial charge in [0, 0.05) is 25.2 Å². The number of phenols is 1. The summed E-state index contributed by atoms with van der Waals surface area (Å²) in [5.74, 6) is 1.96. The zero-order valence-electron chi connectivity index (χ0n) is 17.5. The number of hydrogen-bond acceptors (Lipinski definition) is 5. The molecule has 2 aromatic carbocycles. The van der Waals surface area contributed by atoms with Gasteiger partial charge in [-0.25, -0.2) is 0 Å². The van der Waals surface area contributed by atoms with E-state index in [1.807, 2.05) is 30.3 Å². The van der Waals surface area contributed by atoms with E-state index >= 15 is 0 Å². The quantitative estimate of drug-likeness (QED) is 0.726. The molecule has 5 heteroatoms. The lowest BCUT2D eigenvalue weighted by Gasteiger charge is -2.18. The zero-order chi connectivity index (χ0) is 20.8. The van der Waals surface area contributed by atoms with Crippen molar-refractivity contribution < 1.29 is 19.7 Å². The molecule has 5 nitrogen and oxygen atoms in total. The van der Waals surface area contributed by atoms with Gasteiger partial charge in [0.05, 0.1) is 13.2 Å². The molecule has 3 rings (SSSR count). The molecular weight excluding hydrogens is 366 g/mol. The van der Waals surface area contributed by atoms with Crippen molar-refractivity contribution in [1.29, 1.82) is 0 Å². The first kappa shape index (κ1) is 21.2. The van der Waals surface area contributed by atoms with Crippen LogP contribution in [0.1, 0.15) is 43.1 Å². The number of benzene rings is 2. The molecule has 1 aliphatic rings. The maximum Gasteiger partial charge on any atom is 0.161 e. The van der Waals surface area contributed by atoms with Crippen molar-refractivity contribution in [2.75, 3.05) is 26.8 Å². The Bertz CT molecular complexity index is 847. The van der Waals surface area contributed by atoms with Crippen LogP contribution in [0.25, 0.3) is 6.08 Å². The number of aliphatic hydroxyl groups excluding tert-OH is 1. The lowest BCUT2D eigenvalue weighted by atomic mass is 9.97. The van der Waals surface area contributed by atoms with E-state index in [-0.39, 0.29) is 5.75 Å². The van der Waals surface area contributed by atoms with Crippen LogP contribution >= 0.6 is 0 Å². The van der Waals surface area contributed by atoms with Crippen LogP contribution in [0.5, 0.6) is 17.2 Å². The summed E-state index contributed by atoms with van der Waals surface area (Å²) in [6, 6.07) is 11.3. The number of rotatable bonds is 7. The summed E-state index contributed by atoms with van der Waals surface area (Å²) in [7, 11) is 1.55. The molecule has 1 heterocycles. The number of methoxy groups -OCH3 is 1. The smallest absolute Gasteiger partial charge is 0.161 e. The van der Waals surface area contributed by atoms with E-state index in [1.54, 1.807) is 13.2 Å². The van der Waals surface area contributed by atoms with Gasteiger partial charge in [0.1, 0.15) is 12.4 Å². The van der Waals surface area contributed by atoms with Crippen molar-refractivity contribution >= 4 is 6.08 Å². The van der Waals surface area contributed by atoms with Crippen LogP contribution in [-0.2, 0) is 6.54 Å². The van der Waals surface area contributed by atoms with Crippen LogP contribution in [0.15, 0.2) is 42.5 Å². The molecule has 0 bridgehead atoms. The Morgan fingerprint density at radius 3 is 2.79 bits per heavy atom. The average Bonchev–Trinajstić information content (AvgIpc) is 2.90. The van der Waals surface area contributed by atoms with E-state index in [0.717, 1.165) is 48.5 Å². The third-order valence-corrected chi connectivity index (χ3v) is 5.10. The fourth-order valence-electron chi connectivity index (χ4n) is 3.55. The van der Waals surface area contributed by atoms with E-state index in [1.165, 1.54) is 0 Å². The van der Waals surface area contributed by atoms with E-state index in [0.29, 0.717) is 18.3 Å². The molecular formula is C24H31NO4. The van der Waals surface area contributed by atoms with Gasteiger partial charge in [-0.3, -0.25) is 4.90 Å². The Kier molecular flexibility index (Phi) is 7.18. The first-order valence-electron chi connectivity index (χ1n) is 10.2. The summed E-state index contributed by atoms with van der Waals surface area (Å²) in [5, 5.41) is 20.2. The molecule has 1 unspecified atom stereocenters. The maximum absolute atomic E-state index is 10.5. The minimum absolute atomic E-state index is 0.140. The van der Waals surface area contributed by atoms with Crippen LogP contribution in [0.3, 0.4) is 0 Å². The Morgan fingerprint density at radius 1 is 1.21 bits per heavy atom. The molecule has 29 heavy (non-hydrogen) atoms. The number of phenolic OH excluding ortho intramolecular Hbond substituents is 1. The fourth-order valence-corrected chi connectivity index (χ4v) is 3.55. The lowest BCUT2D eigenvalue weighted by molar-refractivity contribution is 0.151. The Labute approximate surface area is 173 Å². The molecule has 0 amide bonds. The fraction of sp³-hybridized carbons (Fsp3) is 0.417. The van der Waals surface area contributed by atoms with Crippen LogP contribution in [-0.4, -0.2) is 41.9 Å². The highest BCUT2D eigenvalue weighted by Gasteiger charge is 2.17. The lowest BCUT2D eigenvalue weighted by Crippen LogP contribution is -2.25. The summed E-state index contributed by atoms with van der Waals surface area (Å²) >= 11 is 0. The molecule has 0 fully saturated rings. The number of aliphatic hydroxyl groups is 1. The van der Waals surface area contributed by atoms with Gasteiger partial charge in [-0.2, -0.15) is 0 Å². The second kappa shape index (κ2) is 9.81. The van der Waals surface area contributed by atoms with Crippen LogP contribution < -0.4 is 9.47 Å². The minimum Gasteiger partial charge on any atom is -0.504 e. The largest absolute Gasteiger partial charge is 0.504 e. The predicted molar refractivity (Wildman–Crippen MR) is 115 cm³/mol. The molecule has 0 saturated carbocycles. The Hall–Kier alpha value is -2.50.